The van der Waals surface area contributed by atoms with E-state index in [1.54, 1.807) is 24.3 Å². The van der Waals surface area contributed by atoms with Crippen LogP contribution in [-0.2, 0) is 26.8 Å². The summed E-state index contributed by atoms with van der Waals surface area (Å²) in [6.45, 7) is 6.28. The van der Waals surface area contributed by atoms with Crippen LogP contribution in [0.3, 0.4) is 0 Å². The second-order valence-corrected chi connectivity index (χ2v) is 12.6. The highest BCUT2D eigenvalue weighted by Gasteiger charge is 2.18. The van der Waals surface area contributed by atoms with Gasteiger partial charge in [-0.15, -0.1) is 0 Å². The number of rotatable bonds is 9. The average Bonchev–Trinajstić information content (AvgIpc) is 2.85. The molecule has 0 heterocycles. The summed E-state index contributed by atoms with van der Waals surface area (Å²) in [6, 6.07) is 23.8. The zero-order valence-electron chi connectivity index (χ0n) is 22.4. The Morgan fingerprint density at radius 1 is 0.641 bits per heavy atom. The second-order valence-electron chi connectivity index (χ2n) is 9.40. The largest absolute Gasteiger partial charge is 0.485 e. The molecule has 0 aliphatic rings. The van der Waals surface area contributed by atoms with Gasteiger partial charge in [0.05, 0.1) is 12.5 Å². The summed E-state index contributed by atoms with van der Waals surface area (Å²) >= 11 is 0. The van der Waals surface area contributed by atoms with E-state index in [1.165, 1.54) is 0 Å². The molecule has 0 bridgehead atoms. The normalized spacial score (nSPS) is 11.7. The van der Waals surface area contributed by atoms with E-state index in [2.05, 4.69) is 6.07 Å². The number of aryl methyl sites for hydroxylation is 1. The lowest BCUT2D eigenvalue weighted by atomic mass is 9.87. The van der Waals surface area contributed by atoms with Crippen molar-refractivity contribution in [1.29, 1.82) is 0 Å². The molecule has 0 saturated carbocycles. The Labute approximate surface area is 230 Å². The molecule has 0 aliphatic carbocycles. The Hall–Kier alpha value is -3.82. The zero-order chi connectivity index (χ0) is 28.4. The first-order valence-corrected chi connectivity index (χ1v) is 15.8. The number of ether oxygens (including phenoxy) is 1. The van der Waals surface area contributed by atoms with Crippen LogP contribution in [0.4, 0.5) is 0 Å². The van der Waals surface area contributed by atoms with Gasteiger partial charge in [0.15, 0.2) is 11.5 Å². The highest BCUT2D eigenvalue weighted by Crippen LogP contribution is 2.40. The van der Waals surface area contributed by atoms with Gasteiger partial charge < -0.3 is 13.1 Å². The Balaban J connectivity index is 1.71. The minimum absolute atomic E-state index is 0.118. The van der Waals surface area contributed by atoms with Crippen LogP contribution >= 0.6 is 0 Å². The van der Waals surface area contributed by atoms with Gasteiger partial charge in [-0.25, -0.2) is 0 Å². The van der Waals surface area contributed by atoms with E-state index in [0.29, 0.717) is 5.75 Å². The van der Waals surface area contributed by atoms with Crippen LogP contribution in [0.15, 0.2) is 78.9 Å². The number of benzene rings is 4. The van der Waals surface area contributed by atoms with E-state index in [9.17, 15) is 16.8 Å². The molecular formula is C30H30O7S2. The molecule has 0 unspecified atom stereocenters. The molecule has 0 N–H and O–H groups in total. The van der Waals surface area contributed by atoms with Gasteiger partial charge in [0, 0.05) is 0 Å². The van der Waals surface area contributed by atoms with Gasteiger partial charge >= 0.3 is 20.2 Å². The van der Waals surface area contributed by atoms with Gasteiger partial charge in [0.1, 0.15) is 12.4 Å². The Kier molecular flexibility index (Phi) is 8.04. The monoisotopic (exact) mass is 566 g/mol. The van der Waals surface area contributed by atoms with Crippen LogP contribution in [0.25, 0.3) is 22.3 Å². The lowest BCUT2D eigenvalue weighted by molar-refractivity contribution is 0.296. The van der Waals surface area contributed by atoms with E-state index in [0.717, 1.165) is 57.0 Å². The van der Waals surface area contributed by atoms with Gasteiger partial charge in [0.25, 0.3) is 0 Å². The zero-order valence-corrected chi connectivity index (χ0v) is 24.0. The van der Waals surface area contributed by atoms with Crippen molar-refractivity contribution in [3.63, 3.8) is 0 Å². The molecule has 4 aromatic carbocycles. The molecule has 0 aliphatic heterocycles. The second kappa shape index (κ2) is 11.1. The van der Waals surface area contributed by atoms with E-state index in [1.807, 2.05) is 69.3 Å². The van der Waals surface area contributed by atoms with Crippen LogP contribution in [0.1, 0.15) is 22.3 Å². The first kappa shape index (κ1) is 28.2. The molecule has 0 spiro atoms. The van der Waals surface area contributed by atoms with Crippen molar-refractivity contribution in [3.05, 3.63) is 101 Å². The van der Waals surface area contributed by atoms with Gasteiger partial charge in [-0.3, -0.25) is 0 Å². The first-order chi connectivity index (χ1) is 18.3. The molecule has 9 heteroatoms. The summed E-state index contributed by atoms with van der Waals surface area (Å²) < 4.78 is 63.1. The lowest BCUT2D eigenvalue weighted by Crippen LogP contribution is -2.08. The Morgan fingerprint density at radius 3 is 1.87 bits per heavy atom. The Bertz CT molecular complexity index is 1710. The quantitative estimate of drug-likeness (QED) is 0.223. The minimum Gasteiger partial charge on any atom is -0.485 e. The number of hydrogen-bond donors (Lipinski definition) is 0. The van der Waals surface area contributed by atoms with Crippen LogP contribution in [0.5, 0.6) is 17.2 Å². The highest BCUT2D eigenvalue weighted by atomic mass is 32.2. The fourth-order valence-corrected chi connectivity index (χ4v) is 5.35. The fraction of sp³-hybridized carbons (Fsp3) is 0.200. The molecule has 0 saturated heterocycles. The Morgan fingerprint density at radius 2 is 1.26 bits per heavy atom. The van der Waals surface area contributed by atoms with Crippen molar-refractivity contribution in [1.82, 2.24) is 0 Å². The third-order valence-electron chi connectivity index (χ3n) is 6.22. The third-order valence-corrected chi connectivity index (χ3v) is 7.20. The molecule has 4 rings (SSSR count). The average molecular weight is 567 g/mol. The van der Waals surface area contributed by atoms with E-state index < -0.39 is 20.2 Å². The third kappa shape index (κ3) is 7.19. The van der Waals surface area contributed by atoms with E-state index >= 15 is 0 Å². The standard InChI is InChI=1S/C30H30O7S2/c1-20-17-27(24-11-14-26(15-12-24)36-38(4,31)32)21(2)22(3)30(20)25-13-16-28(29(18-25)37-39(5,33)34)35-19-23-9-7-6-8-10-23/h6-18H,19H2,1-5H3. The van der Waals surface area contributed by atoms with Crippen LogP contribution in [0.2, 0.25) is 0 Å². The molecule has 39 heavy (non-hydrogen) atoms. The van der Waals surface area contributed by atoms with Crippen molar-refractivity contribution >= 4 is 20.2 Å². The summed E-state index contributed by atoms with van der Waals surface area (Å²) in [5.74, 6) is 0.693. The molecule has 0 radical (unpaired) electrons. The molecule has 0 amide bonds. The fourth-order valence-electron chi connectivity index (χ4n) is 4.44. The summed E-state index contributed by atoms with van der Waals surface area (Å²) in [5.41, 5.74) is 7.64. The van der Waals surface area contributed by atoms with Crippen molar-refractivity contribution in [2.24, 2.45) is 0 Å². The molecule has 7 nitrogen and oxygen atoms in total. The van der Waals surface area contributed by atoms with Crippen LogP contribution < -0.4 is 13.1 Å². The predicted molar refractivity (Wildman–Crippen MR) is 153 cm³/mol. The molecule has 0 atom stereocenters. The summed E-state index contributed by atoms with van der Waals surface area (Å²) in [4.78, 5) is 0. The molecule has 4 aromatic rings. The highest BCUT2D eigenvalue weighted by molar-refractivity contribution is 7.86. The maximum atomic E-state index is 12.0. The van der Waals surface area contributed by atoms with Crippen molar-refractivity contribution in [3.8, 4) is 39.5 Å². The lowest BCUT2D eigenvalue weighted by Gasteiger charge is -2.19. The van der Waals surface area contributed by atoms with Gasteiger partial charge in [-0.2, -0.15) is 16.8 Å². The summed E-state index contributed by atoms with van der Waals surface area (Å²) in [7, 11) is -7.40. The van der Waals surface area contributed by atoms with E-state index in [4.69, 9.17) is 13.1 Å². The van der Waals surface area contributed by atoms with Crippen molar-refractivity contribution < 1.29 is 29.9 Å². The minimum atomic E-state index is -3.80. The molecule has 204 valence electrons. The first-order valence-electron chi connectivity index (χ1n) is 12.1. The van der Waals surface area contributed by atoms with Crippen LogP contribution in [-0.4, -0.2) is 29.3 Å². The maximum absolute atomic E-state index is 12.0. The van der Waals surface area contributed by atoms with Crippen molar-refractivity contribution in [2.75, 3.05) is 12.5 Å². The summed E-state index contributed by atoms with van der Waals surface area (Å²) in [5, 5.41) is 0. The van der Waals surface area contributed by atoms with Gasteiger partial charge in [0.2, 0.25) is 0 Å². The smallest absolute Gasteiger partial charge is 0.306 e. The SMILES string of the molecule is Cc1cc(-c2ccc(OS(C)(=O)=O)cc2)c(C)c(C)c1-c1ccc(OCc2ccccc2)c(OS(C)(=O)=O)c1. The molecular weight excluding hydrogens is 536 g/mol. The molecule has 0 fully saturated rings. The summed E-state index contributed by atoms with van der Waals surface area (Å²) in [6.07, 6.45) is 2.01. The van der Waals surface area contributed by atoms with Gasteiger partial charge in [-0.05, 0) is 89.5 Å². The maximum Gasteiger partial charge on any atom is 0.306 e. The predicted octanol–water partition coefficient (Wildman–Crippen LogP) is 6.20. The molecule has 0 aromatic heterocycles. The number of hydrogen-bond acceptors (Lipinski definition) is 7. The van der Waals surface area contributed by atoms with Crippen LogP contribution in [0, 0.1) is 20.8 Å². The topological polar surface area (TPSA) is 96.0 Å². The van der Waals surface area contributed by atoms with E-state index in [-0.39, 0.29) is 18.1 Å². The van der Waals surface area contributed by atoms with Crippen molar-refractivity contribution in [2.45, 2.75) is 27.4 Å². The van der Waals surface area contributed by atoms with Gasteiger partial charge in [-0.1, -0.05) is 54.6 Å².